The summed E-state index contributed by atoms with van der Waals surface area (Å²) in [6, 6.07) is 20.2. The van der Waals surface area contributed by atoms with Crippen LogP contribution in [0.15, 0.2) is 71.9 Å². The van der Waals surface area contributed by atoms with Crippen molar-refractivity contribution in [3.05, 3.63) is 94.0 Å². The second-order valence-electron chi connectivity index (χ2n) is 10.0. The molecule has 2 fully saturated rings. The van der Waals surface area contributed by atoms with Crippen molar-refractivity contribution in [3.8, 4) is 11.5 Å². The highest BCUT2D eigenvalue weighted by Crippen LogP contribution is 2.49. The molecule has 2 saturated heterocycles. The van der Waals surface area contributed by atoms with Crippen LogP contribution < -0.4 is 4.74 Å². The monoisotopic (exact) mass is 569 g/mol. The molecule has 0 aliphatic carbocycles. The van der Waals surface area contributed by atoms with E-state index in [0.29, 0.717) is 35.1 Å². The first-order chi connectivity index (χ1) is 19.2. The minimum atomic E-state index is -1.75. The second kappa shape index (κ2) is 11.5. The summed E-state index contributed by atoms with van der Waals surface area (Å²) in [5.74, 6) is -0.396. The van der Waals surface area contributed by atoms with Crippen molar-refractivity contribution in [3.63, 3.8) is 0 Å². The van der Waals surface area contributed by atoms with Crippen molar-refractivity contribution in [2.45, 2.75) is 50.0 Å². The second-order valence-corrected chi connectivity index (χ2v) is 10.4. The molecule has 4 N–H and O–H groups in total. The van der Waals surface area contributed by atoms with Crippen LogP contribution in [-0.4, -0.2) is 69.9 Å². The Labute approximate surface area is 237 Å². The Bertz CT molecular complexity index is 1370. The molecule has 0 spiro atoms. The maximum atomic E-state index is 10.8. The largest absolute Gasteiger partial charge is 0.457 e. The highest BCUT2D eigenvalue weighted by molar-refractivity contribution is 6.31. The maximum Gasteiger partial charge on any atom is 0.225 e. The lowest BCUT2D eigenvalue weighted by Gasteiger charge is -2.46. The SMILES string of the molecule is CCO/N=C(\C)c1ccc(Oc2ccc(Cc3cc([C@]45OC[C@](CO)(O4)[C@@H](O)[C@H](O)[C@H]5O)ccc3Cl)cc2)cc1. The van der Waals surface area contributed by atoms with Gasteiger partial charge in [0.15, 0.2) is 0 Å². The van der Waals surface area contributed by atoms with Crippen LogP contribution in [0.2, 0.25) is 5.02 Å². The molecule has 0 saturated carbocycles. The van der Waals surface area contributed by atoms with Gasteiger partial charge in [-0.05, 0) is 85.5 Å². The van der Waals surface area contributed by atoms with Gasteiger partial charge in [0.25, 0.3) is 0 Å². The molecule has 0 aromatic heterocycles. The van der Waals surface area contributed by atoms with Gasteiger partial charge in [-0.25, -0.2) is 0 Å². The fraction of sp³-hybridized carbons (Fsp3) is 0.367. The highest BCUT2D eigenvalue weighted by atomic mass is 35.5. The number of nitrogens with zero attached hydrogens (tertiary/aromatic N) is 1. The van der Waals surface area contributed by atoms with Crippen molar-refractivity contribution in [2.75, 3.05) is 19.8 Å². The number of benzene rings is 3. The number of hydrogen-bond acceptors (Lipinski definition) is 9. The van der Waals surface area contributed by atoms with Crippen LogP contribution in [0.25, 0.3) is 0 Å². The molecular formula is C30H32ClNO8. The van der Waals surface area contributed by atoms with E-state index in [4.69, 9.17) is 30.6 Å². The molecule has 0 unspecified atom stereocenters. The van der Waals surface area contributed by atoms with Crippen LogP contribution in [0.1, 0.15) is 36.1 Å². The smallest absolute Gasteiger partial charge is 0.225 e. The number of ether oxygens (including phenoxy) is 3. The quantitative estimate of drug-likeness (QED) is 0.227. The molecular weight excluding hydrogens is 538 g/mol. The van der Waals surface area contributed by atoms with Gasteiger partial charge < -0.3 is 39.5 Å². The van der Waals surface area contributed by atoms with Crippen LogP contribution >= 0.6 is 11.6 Å². The van der Waals surface area contributed by atoms with E-state index < -0.39 is 36.3 Å². The molecule has 5 rings (SSSR count). The van der Waals surface area contributed by atoms with Crippen molar-refractivity contribution in [1.82, 2.24) is 0 Å². The number of fused-ring (bicyclic) bond motifs is 2. The zero-order valence-electron chi connectivity index (χ0n) is 22.2. The van der Waals surface area contributed by atoms with Crippen LogP contribution in [0.5, 0.6) is 11.5 Å². The number of halogens is 1. The number of oxime groups is 1. The normalized spacial score (nSPS) is 28.0. The van der Waals surface area contributed by atoms with Crippen molar-refractivity contribution in [1.29, 1.82) is 0 Å². The lowest BCUT2D eigenvalue weighted by molar-refractivity contribution is -0.329. The Hall–Kier alpha value is -3.02. The molecule has 5 atom stereocenters. The van der Waals surface area contributed by atoms with Crippen molar-refractivity contribution in [2.24, 2.45) is 5.16 Å². The van der Waals surface area contributed by atoms with E-state index in [-0.39, 0.29) is 6.61 Å². The van der Waals surface area contributed by atoms with Gasteiger partial charge >= 0.3 is 0 Å². The summed E-state index contributed by atoms with van der Waals surface area (Å²) in [7, 11) is 0. The van der Waals surface area contributed by atoms with E-state index in [1.807, 2.05) is 62.4 Å². The highest BCUT2D eigenvalue weighted by Gasteiger charge is 2.67. The van der Waals surface area contributed by atoms with E-state index in [2.05, 4.69) is 5.16 Å². The fourth-order valence-electron chi connectivity index (χ4n) is 5.01. The summed E-state index contributed by atoms with van der Waals surface area (Å²) < 4.78 is 17.8. The van der Waals surface area contributed by atoms with E-state index in [0.717, 1.165) is 22.4 Å². The third-order valence-electron chi connectivity index (χ3n) is 7.33. The zero-order chi connectivity index (χ0) is 28.5. The van der Waals surface area contributed by atoms with Crippen LogP contribution in [-0.2, 0) is 26.5 Å². The Balaban J connectivity index is 1.30. The first-order valence-electron chi connectivity index (χ1n) is 13.0. The molecule has 3 aromatic rings. The summed E-state index contributed by atoms with van der Waals surface area (Å²) >= 11 is 6.51. The average Bonchev–Trinajstić information content (AvgIpc) is 3.36. The predicted molar refractivity (Wildman–Crippen MR) is 148 cm³/mol. The summed E-state index contributed by atoms with van der Waals surface area (Å²) in [5.41, 5.74) is 2.31. The summed E-state index contributed by atoms with van der Waals surface area (Å²) in [6.45, 7) is 3.50. The standard InChI is InChI=1S/C30H32ClNO8/c1-3-38-32-18(2)20-6-11-24(12-7-20)39-23-9-4-19(5-10-23)14-21-15-22(8-13-25(21)31)30-28(36)26(34)27(35)29(16-33,40-30)17-37-30/h4-13,15,26-28,33-36H,3,14,16-17H2,1-2H3/b32-18+/t26-,27-,28+,29-,30-/m0/s1. The first kappa shape index (κ1) is 28.5. The third kappa shape index (κ3) is 5.22. The molecule has 2 aliphatic rings. The van der Waals surface area contributed by atoms with Gasteiger partial charge in [-0.2, -0.15) is 0 Å². The predicted octanol–water partition coefficient (Wildman–Crippen LogP) is 3.51. The summed E-state index contributed by atoms with van der Waals surface area (Å²) in [6.07, 6.45) is -4.20. The molecule has 2 bridgehead atoms. The average molecular weight is 570 g/mol. The number of hydrogen-bond donors (Lipinski definition) is 4. The zero-order valence-corrected chi connectivity index (χ0v) is 22.9. The molecule has 10 heteroatoms. The minimum Gasteiger partial charge on any atom is -0.457 e. The Morgan fingerprint density at radius 1 is 1.00 bits per heavy atom. The molecule has 2 aliphatic heterocycles. The first-order valence-corrected chi connectivity index (χ1v) is 13.4. The van der Waals surface area contributed by atoms with E-state index in [1.165, 1.54) is 0 Å². The Morgan fingerprint density at radius 3 is 2.33 bits per heavy atom. The Kier molecular flexibility index (Phi) is 8.17. The van der Waals surface area contributed by atoms with Crippen molar-refractivity contribution < 1.29 is 39.5 Å². The van der Waals surface area contributed by atoms with Crippen molar-refractivity contribution >= 4 is 17.3 Å². The number of rotatable bonds is 9. The summed E-state index contributed by atoms with van der Waals surface area (Å²) in [5, 5.41) is 46.1. The van der Waals surface area contributed by atoms with Crippen LogP contribution in [0.3, 0.4) is 0 Å². The van der Waals surface area contributed by atoms with Gasteiger partial charge in [-0.15, -0.1) is 0 Å². The summed E-state index contributed by atoms with van der Waals surface area (Å²) in [4.78, 5) is 5.10. The lowest BCUT2D eigenvalue weighted by atomic mass is 9.83. The topological polar surface area (TPSA) is 130 Å². The van der Waals surface area contributed by atoms with Crippen LogP contribution in [0, 0.1) is 0 Å². The van der Waals surface area contributed by atoms with Gasteiger partial charge in [-0.3, -0.25) is 0 Å². The fourth-order valence-corrected chi connectivity index (χ4v) is 5.20. The number of aliphatic hydroxyl groups is 4. The molecule has 9 nitrogen and oxygen atoms in total. The van der Waals surface area contributed by atoms with E-state index in [9.17, 15) is 20.4 Å². The molecule has 40 heavy (non-hydrogen) atoms. The van der Waals surface area contributed by atoms with Gasteiger partial charge in [0, 0.05) is 10.6 Å². The molecule has 3 aromatic carbocycles. The molecule has 0 amide bonds. The Morgan fingerprint density at radius 2 is 1.68 bits per heavy atom. The number of aliphatic hydroxyl groups excluding tert-OH is 4. The molecule has 0 radical (unpaired) electrons. The van der Waals surface area contributed by atoms with Gasteiger partial charge in [0.05, 0.1) is 18.9 Å². The van der Waals surface area contributed by atoms with E-state index in [1.54, 1.807) is 18.2 Å². The van der Waals surface area contributed by atoms with Gasteiger partial charge in [-0.1, -0.05) is 35.0 Å². The lowest BCUT2D eigenvalue weighted by Crippen LogP contribution is -2.65. The van der Waals surface area contributed by atoms with Crippen LogP contribution in [0.4, 0.5) is 0 Å². The van der Waals surface area contributed by atoms with Gasteiger partial charge in [0.2, 0.25) is 5.79 Å². The van der Waals surface area contributed by atoms with E-state index >= 15 is 0 Å². The third-order valence-corrected chi connectivity index (χ3v) is 7.70. The maximum absolute atomic E-state index is 10.8. The minimum absolute atomic E-state index is 0.193. The van der Waals surface area contributed by atoms with Gasteiger partial charge in [0.1, 0.15) is 42.0 Å². The molecule has 212 valence electrons. The molecule has 2 heterocycles.